The van der Waals surface area contributed by atoms with Crippen LogP contribution in [0, 0.1) is 6.92 Å². The minimum Gasteiger partial charge on any atom is -0.493 e. The van der Waals surface area contributed by atoms with Gasteiger partial charge in [-0.25, -0.2) is 4.79 Å². The SMILES string of the molecule is COc1cc2c(cc1OC)CN(C(=O)NCc1ccc(C)s1)CC2. The van der Waals surface area contributed by atoms with Gasteiger partial charge in [0.25, 0.3) is 0 Å². The van der Waals surface area contributed by atoms with E-state index in [0.29, 0.717) is 25.4 Å². The summed E-state index contributed by atoms with van der Waals surface area (Å²) in [5.41, 5.74) is 2.33. The summed E-state index contributed by atoms with van der Waals surface area (Å²) in [6, 6.07) is 8.08. The first-order valence-electron chi connectivity index (χ1n) is 7.92. The normalized spacial score (nSPS) is 13.4. The Hall–Kier alpha value is -2.21. The first kappa shape index (κ1) is 16.6. The Bertz CT molecular complexity index is 742. The lowest BCUT2D eigenvalue weighted by molar-refractivity contribution is 0.192. The number of carbonyl (C=O) groups is 1. The predicted octanol–water partition coefficient (Wildman–Crippen LogP) is 3.34. The summed E-state index contributed by atoms with van der Waals surface area (Å²) in [5, 5.41) is 3.01. The van der Waals surface area contributed by atoms with Gasteiger partial charge >= 0.3 is 6.03 Å². The molecule has 0 saturated heterocycles. The van der Waals surface area contributed by atoms with Gasteiger partial charge in [0.15, 0.2) is 11.5 Å². The number of fused-ring (bicyclic) bond motifs is 1. The molecule has 2 aromatic rings. The van der Waals surface area contributed by atoms with Crippen LogP contribution in [0.3, 0.4) is 0 Å². The lowest BCUT2D eigenvalue weighted by Crippen LogP contribution is -2.42. The molecule has 1 N–H and O–H groups in total. The topological polar surface area (TPSA) is 50.8 Å². The highest BCUT2D eigenvalue weighted by Gasteiger charge is 2.22. The Morgan fingerprint density at radius 3 is 2.54 bits per heavy atom. The molecule has 5 nitrogen and oxygen atoms in total. The van der Waals surface area contributed by atoms with E-state index in [4.69, 9.17) is 9.47 Å². The summed E-state index contributed by atoms with van der Waals surface area (Å²) in [4.78, 5) is 16.7. The Morgan fingerprint density at radius 2 is 1.92 bits per heavy atom. The van der Waals surface area contributed by atoms with Gasteiger partial charge in [-0.15, -0.1) is 11.3 Å². The van der Waals surface area contributed by atoms with Crippen LogP contribution in [0.4, 0.5) is 4.79 Å². The standard InChI is InChI=1S/C18H22N2O3S/c1-12-4-5-15(24-12)10-19-18(21)20-7-6-13-8-16(22-2)17(23-3)9-14(13)11-20/h4-5,8-9H,6-7,10-11H2,1-3H3,(H,19,21). The second-order valence-electron chi connectivity index (χ2n) is 5.82. The van der Waals surface area contributed by atoms with Gasteiger partial charge in [0.05, 0.1) is 20.8 Å². The molecule has 0 fully saturated rings. The van der Waals surface area contributed by atoms with Crippen molar-refractivity contribution >= 4 is 17.4 Å². The zero-order chi connectivity index (χ0) is 17.1. The zero-order valence-corrected chi connectivity index (χ0v) is 15.0. The van der Waals surface area contributed by atoms with Gasteiger partial charge in [-0.1, -0.05) is 0 Å². The van der Waals surface area contributed by atoms with E-state index in [2.05, 4.69) is 24.4 Å². The smallest absolute Gasteiger partial charge is 0.318 e. The minimum atomic E-state index is -0.0264. The third kappa shape index (κ3) is 3.48. The van der Waals surface area contributed by atoms with Gasteiger partial charge in [0, 0.05) is 22.8 Å². The molecule has 6 heteroatoms. The molecule has 0 saturated carbocycles. The monoisotopic (exact) mass is 346 g/mol. The average molecular weight is 346 g/mol. The van der Waals surface area contributed by atoms with Crippen molar-refractivity contribution in [1.29, 1.82) is 0 Å². The summed E-state index contributed by atoms with van der Waals surface area (Å²) in [6.45, 7) is 3.94. The van der Waals surface area contributed by atoms with E-state index in [-0.39, 0.29) is 6.03 Å². The molecule has 2 amide bonds. The Morgan fingerprint density at radius 1 is 1.21 bits per heavy atom. The number of carbonyl (C=O) groups excluding carboxylic acids is 1. The summed E-state index contributed by atoms with van der Waals surface area (Å²) < 4.78 is 10.7. The van der Waals surface area contributed by atoms with E-state index >= 15 is 0 Å². The molecule has 1 aliphatic heterocycles. The zero-order valence-electron chi connectivity index (χ0n) is 14.2. The van der Waals surface area contributed by atoms with Crippen molar-refractivity contribution in [2.75, 3.05) is 20.8 Å². The number of nitrogens with zero attached hydrogens (tertiary/aromatic N) is 1. The van der Waals surface area contributed by atoms with Gasteiger partial charge < -0.3 is 19.7 Å². The molecule has 24 heavy (non-hydrogen) atoms. The number of urea groups is 1. The van der Waals surface area contributed by atoms with Crippen molar-refractivity contribution in [1.82, 2.24) is 10.2 Å². The first-order valence-corrected chi connectivity index (χ1v) is 8.74. The van der Waals surface area contributed by atoms with Gasteiger partial charge in [0.1, 0.15) is 0 Å². The van der Waals surface area contributed by atoms with Crippen molar-refractivity contribution in [3.8, 4) is 11.5 Å². The van der Waals surface area contributed by atoms with Crippen molar-refractivity contribution in [3.05, 3.63) is 45.1 Å². The fourth-order valence-electron chi connectivity index (χ4n) is 2.91. The number of amides is 2. The molecule has 0 aliphatic carbocycles. The maximum Gasteiger partial charge on any atom is 0.318 e. The van der Waals surface area contributed by atoms with Crippen LogP contribution in [0.5, 0.6) is 11.5 Å². The van der Waals surface area contributed by atoms with E-state index in [0.717, 1.165) is 17.7 Å². The van der Waals surface area contributed by atoms with Gasteiger partial charge in [-0.3, -0.25) is 0 Å². The van der Waals surface area contributed by atoms with Crippen molar-refractivity contribution in [3.63, 3.8) is 0 Å². The predicted molar refractivity (Wildman–Crippen MR) is 95.0 cm³/mol. The number of aryl methyl sites for hydroxylation is 1. The molecule has 1 aromatic heterocycles. The van der Waals surface area contributed by atoms with Crippen LogP contribution >= 0.6 is 11.3 Å². The van der Waals surface area contributed by atoms with E-state index in [1.54, 1.807) is 25.6 Å². The Balaban J connectivity index is 1.66. The summed E-state index contributed by atoms with van der Waals surface area (Å²) >= 11 is 1.71. The van der Waals surface area contributed by atoms with Crippen LogP contribution in [0.15, 0.2) is 24.3 Å². The number of thiophene rings is 1. The number of methoxy groups -OCH3 is 2. The van der Waals surface area contributed by atoms with E-state index in [9.17, 15) is 4.79 Å². The number of hydrogen-bond acceptors (Lipinski definition) is 4. The first-order chi connectivity index (χ1) is 11.6. The second kappa shape index (κ2) is 7.13. The molecule has 0 atom stereocenters. The lowest BCUT2D eigenvalue weighted by atomic mass is 9.99. The van der Waals surface area contributed by atoms with Crippen LogP contribution in [0.1, 0.15) is 20.9 Å². The highest BCUT2D eigenvalue weighted by atomic mass is 32.1. The molecule has 0 bridgehead atoms. The molecule has 3 rings (SSSR count). The maximum atomic E-state index is 12.4. The lowest BCUT2D eigenvalue weighted by Gasteiger charge is -2.29. The van der Waals surface area contributed by atoms with Crippen molar-refractivity contribution in [2.24, 2.45) is 0 Å². The molecular weight excluding hydrogens is 324 g/mol. The third-order valence-electron chi connectivity index (χ3n) is 4.22. The molecule has 1 aliphatic rings. The molecule has 1 aromatic carbocycles. The number of hydrogen-bond donors (Lipinski definition) is 1. The number of benzene rings is 1. The van der Waals surface area contributed by atoms with E-state index in [1.165, 1.54) is 15.3 Å². The fraction of sp³-hybridized carbons (Fsp3) is 0.389. The molecule has 0 spiro atoms. The molecule has 128 valence electrons. The second-order valence-corrected chi connectivity index (χ2v) is 7.19. The van der Waals surface area contributed by atoms with E-state index in [1.807, 2.05) is 17.0 Å². The number of ether oxygens (including phenoxy) is 2. The summed E-state index contributed by atoms with van der Waals surface area (Å²) in [5.74, 6) is 1.44. The van der Waals surface area contributed by atoms with Crippen molar-refractivity contribution in [2.45, 2.75) is 26.4 Å². The van der Waals surface area contributed by atoms with Crippen LogP contribution in [-0.2, 0) is 19.5 Å². The van der Waals surface area contributed by atoms with Gasteiger partial charge in [-0.05, 0) is 48.7 Å². The molecule has 0 radical (unpaired) electrons. The summed E-state index contributed by atoms with van der Waals surface area (Å²) in [6.07, 6.45) is 0.821. The van der Waals surface area contributed by atoms with Crippen LogP contribution in [0.25, 0.3) is 0 Å². The van der Waals surface area contributed by atoms with E-state index < -0.39 is 0 Å². The van der Waals surface area contributed by atoms with Crippen LogP contribution in [0.2, 0.25) is 0 Å². The molecular formula is C18H22N2O3S. The van der Waals surface area contributed by atoms with Gasteiger partial charge in [0.2, 0.25) is 0 Å². The Labute approximate surface area is 146 Å². The third-order valence-corrected chi connectivity index (χ3v) is 5.22. The Kier molecular flexibility index (Phi) is 4.94. The van der Waals surface area contributed by atoms with Gasteiger partial charge in [-0.2, -0.15) is 0 Å². The highest BCUT2D eigenvalue weighted by molar-refractivity contribution is 7.11. The average Bonchev–Trinajstić information content (AvgIpc) is 3.03. The largest absolute Gasteiger partial charge is 0.493 e. The molecule has 0 unspecified atom stereocenters. The number of rotatable bonds is 4. The summed E-state index contributed by atoms with van der Waals surface area (Å²) in [7, 11) is 3.26. The van der Waals surface area contributed by atoms with Crippen LogP contribution < -0.4 is 14.8 Å². The minimum absolute atomic E-state index is 0.0264. The van der Waals surface area contributed by atoms with Crippen molar-refractivity contribution < 1.29 is 14.3 Å². The maximum absolute atomic E-state index is 12.4. The molecule has 2 heterocycles. The highest BCUT2D eigenvalue weighted by Crippen LogP contribution is 2.33. The number of nitrogens with one attached hydrogen (secondary N) is 1. The van der Waals surface area contributed by atoms with Crippen LogP contribution in [-0.4, -0.2) is 31.7 Å². The quantitative estimate of drug-likeness (QED) is 0.924. The fourth-order valence-corrected chi connectivity index (χ4v) is 3.74.